The van der Waals surface area contributed by atoms with Crippen LogP contribution in [-0.2, 0) is 11.4 Å². The highest BCUT2D eigenvalue weighted by molar-refractivity contribution is 5.87. The number of imidazole rings is 1. The second-order valence-corrected chi connectivity index (χ2v) is 8.08. The van der Waals surface area contributed by atoms with Crippen molar-refractivity contribution in [1.82, 2.24) is 19.3 Å². The molecule has 0 radical (unpaired) electrons. The summed E-state index contributed by atoms with van der Waals surface area (Å²) in [4.78, 5) is 23.3. The van der Waals surface area contributed by atoms with E-state index in [1.807, 2.05) is 34.9 Å². The Hall–Kier alpha value is -4.07. The maximum absolute atomic E-state index is 13.8. The third-order valence-electron chi connectivity index (χ3n) is 6.02. The first-order valence-electron chi connectivity index (χ1n) is 11.0. The number of hydrogen-bond donors (Lipinski definition) is 0. The van der Waals surface area contributed by atoms with Crippen LogP contribution >= 0.6 is 0 Å². The van der Waals surface area contributed by atoms with Crippen LogP contribution < -0.4 is 4.74 Å². The maximum Gasteiger partial charge on any atom is 0.246 e. The lowest BCUT2D eigenvalue weighted by atomic mass is 10.1. The minimum Gasteiger partial charge on any atom is -0.486 e. The third-order valence-corrected chi connectivity index (χ3v) is 6.02. The van der Waals surface area contributed by atoms with E-state index in [9.17, 15) is 13.6 Å². The molecule has 1 fully saturated rings. The second kappa shape index (κ2) is 9.05. The Morgan fingerprint density at radius 2 is 2.03 bits per heavy atom. The van der Waals surface area contributed by atoms with Gasteiger partial charge in [0, 0.05) is 24.5 Å². The maximum atomic E-state index is 13.8. The summed E-state index contributed by atoms with van der Waals surface area (Å²) in [7, 11) is 0. The van der Waals surface area contributed by atoms with E-state index in [0.717, 1.165) is 47.1 Å². The highest BCUT2D eigenvalue weighted by Crippen LogP contribution is 2.35. The van der Waals surface area contributed by atoms with E-state index in [1.165, 1.54) is 18.2 Å². The minimum absolute atomic E-state index is 0.0953. The van der Waals surface area contributed by atoms with Crippen LogP contribution in [0.1, 0.15) is 30.3 Å². The Labute approximate surface area is 195 Å². The predicted octanol–water partition coefficient (Wildman–Crippen LogP) is 5.10. The highest BCUT2D eigenvalue weighted by Gasteiger charge is 2.32. The van der Waals surface area contributed by atoms with Gasteiger partial charge in [-0.05, 0) is 36.6 Å². The smallest absolute Gasteiger partial charge is 0.246 e. The van der Waals surface area contributed by atoms with Crippen molar-refractivity contribution < 1.29 is 18.3 Å². The van der Waals surface area contributed by atoms with Gasteiger partial charge in [-0.2, -0.15) is 4.39 Å². The molecule has 1 atom stereocenters. The summed E-state index contributed by atoms with van der Waals surface area (Å²) in [6.07, 6.45) is 8.37. The minimum atomic E-state index is -1.00. The van der Waals surface area contributed by atoms with Crippen LogP contribution in [0.3, 0.4) is 0 Å². The van der Waals surface area contributed by atoms with Crippen molar-refractivity contribution in [1.29, 1.82) is 0 Å². The molecule has 8 heteroatoms. The van der Waals surface area contributed by atoms with Gasteiger partial charge in [-0.15, -0.1) is 0 Å². The van der Waals surface area contributed by atoms with E-state index in [4.69, 9.17) is 9.72 Å². The number of hydrogen-bond acceptors (Lipinski definition) is 4. The quantitative estimate of drug-likeness (QED) is 0.376. The van der Waals surface area contributed by atoms with Crippen LogP contribution in [0.15, 0.2) is 73.7 Å². The fourth-order valence-corrected chi connectivity index (χ4v) is 4.34. The molecule has 172 valence electrons. The monoisotopic (exact) mass is 460 g/mol. The van der Waals surface area contributed by atoms with Crippen molar-refractivity contribution in [3.8, 4) is 17.0 Å². The van der Waals surface area contributed by atoms with Crippen molar-refractivity contribution in [2.24, 2.45) is 0 Å². The molecule has 3 heterocycles. The Kier molecular flexibility index (Phi) is 5.79. The number of fused-ring (bicyclic) bond motifs is 1. The van der Waals surface area contributed by atoms with Gasteiger partial charge >= 0.3 is 0 Å². The number of likely N-dealkylation sites (tertiary alicyclic amines) is 1. The number of carbonyl (C=O) groups excluding carboxylic acids is 1. The molecule has 2 aromatic heterocycles. The fourth-order valence-electron chi connectivity index (χ4n) is 4.34. The summed E-state index contributed by atoms with van der Waals surface area (Å²) in [5, 5.41) is 0. The molecule has 6 nitrogen and oxygen atoms in total. The normalized spacial score (nSPS) is 15.6. The number of benzene rings is 2. The zero-order valence-electron chi connectivity index (χ0n) is 18.3. The van der Waals surface area contributed by atoms with E-state index < -0.39 is 11.6 Å². The lowest BCUT2D eigenvalue weighted by molar-refractivity contribution is -0.127. The van der Waals surface area contributed by atoms with Gasteiger partial charge < -0.3 is 9.64 Å². The van der Waals surface area contributed by atoms with E-state index in [-0.39, 0.29) is 24.3 Å². The van der Waals surface area contributed by atoms with Gasteiger partial charge in [0.15, 0.2) is 11.6 Å². The van der Waals surface area contributed by atoms with Crippen molar-refractivity contribution in [2.45, 2.75) is 25.5 Å². The molecular weight excluding hydrogens is 438 g/mol. The van der Waals surface area contributed by atoms with Crippen molar-refractivity contribution in [3.63, 3.8) is 0 Å². The molecule has 1 amide bonds. The molecule has 1 unspecified atom stereocenters. The fraction of sp³-hybridized carbons (Fsp3) is 0.192. The predicted molar refractivity (Wildman–Crippen MR) is 123 cm³/mol. The lowest BCUT2D eigenvalue weighted by Gasteiger charge is -2.22. The number of halogens is 2. The van der Waals surface area contributed by atoms with Gasteiger partial charge in [0.2, 0.25) is 11.7 Å². The van der Waals surface area contributed by atoms with E-state index in [1.54, 1.807) is 17.3 Å². The number of carbonyl (C=O) groups is 1. The molecule has 1 aliphatic heterocycles. The number of amides is 1. The van der Waals surface area contributed by atoms with E-state index in [2.05, 4.69) is 11.6 Å². The Balaban J connectivity index is 1.43. The van der Waals surface area contributed by atoms with Crippen LogP contribution in [0.5, 0.6) is 5.75 Å². The van der Waals surface area contributed by atoms with Gasteiger partial charge in [-0.25, -0.2) is 9.37 Å². The number of nitrogens with zero attached hydrogens (tertiary/aromatic N) is 4. The number of aromatic nitrogens is 3. The average molecular weight is 460 g/mol. The molecule has 34 heavy (non-hydrogen) atoms. The van der Waals surface area contributed by atoms with Crippen LogP contribution in [0.2, 0.25) is 0 Å². The summed E-state index contributed by atoms with van der Waals surface area (Å²) in [6, 6.07) is 11.2. The zero-order chi connectivity index (χ0) is 23.7. The van der Waals surface area contributed by atoms with Gasteiger partial charge in [0.25, 0.3) is 0 Å². The average Bonchev–Trinajstić information content (AvgIpc) is 3.50. The van der Waals surface area contributed by atoms with Crippen LogP contribution in [0, 0.1) is 11.6 Å². The Bertz CT molecular complexity index is 1370. The lowest BCUT2D eigenvalue weighted by Crippen LogP contribution is -2.29. The topological polar surface area (TPSA) is 59.7 Å². The molecule has 2 aromatic carbocycles. The van der Waals surface area contributed by atoms with Gasteiger partial charge in [0.1, 0.15) is 12.4 Å². The van der Waals surface area contributed by atoms with Crippen LogP contribution in [0.4, 0.5) is 8.78 Å². The molecule has 5 rings (SSSR count). The van der Waals surface area contributed by atoms with Gasteiger partial charge in [-0.3, -0.25) is 14.2 Å². The first-order valence-corrected chi connectivity index (χ1v) is 11.0. The Morgan fingerprint density at radius 3 is 2.82 bits per heavy atom. The molecule has 0 saturated carbocycles. The first-order chi connectivity index (χ1) is 16.6. The molecule has 0 bridgehead atoms. The Morgan fingerprint density at radius 1 is 1.21 bits per heavy atom. The summed E-state index contributed by atoms with van der Waals surface area (Å²) in [5.41, 5.74) is 3.26. The van der Waals surface area contributed by atoms with Crippen LogP contribution in [-0.4, -0.2) is 31.7 Å². The van der Waals surface area contributed by atoms with Crippen LogP contribution in [0.25, 0.3) is 16.8 Å². The largest absolute Gasteiger partial charge is 0.486 e. The molecular formula is C26H22F2N4O2. The molecule has 0 N–H and O–H groups in total. The summed E-state index contributed by atoms with van der Waals surface area (Å²) >= 11 is 0. The summed E-state index contributed by atoms with van der Waals surface area (Å²) < 4.78 is 34.6. The zero-order valence-corrected chi connectivity index (χ0v) is 18.3. The molecule has 0 aliphatic carbocycles. The molecule has 1 aliphatic rings. The third kappa shape index (κ3) is 3.91. The summed E-state index contributed by atoms with van der Waals surface area (Å²) in [5.74, 6) is -1.39. The SMILES string of the molecule is C=CC(=O)N1CCCC1c1nc(-c2ccc(COc3cccc(F)c3F)cc2)c2cnccn12. The second-order valence-electron chi connectivity index (χ2n) is 8.08. The molecule has 0 spiro atoms. The van der Waals surface area contributed by atoms with E-state index >= 15 is 0 Å². The number of rotatable bonds is 6. The van der Waals surface area contributed by atoms with E-state index in [0.29, 0.717) is 6.54 Å². The van der Waals surface area contributed by atoms with Gasteiger partial charge in [0.05, 0.1) is 23.4 Å². The molecule has 4 aromatic rings. The van der Waals surface area contributed by atoms with Crippen molar-refractivity contribution in [2.75, 3.05) is 6.54 Å². The van der Waals surface area contributed by atoms with Gasteiger partial charge in [-0.1, -0.05) is 36.9 Å². The first kappa shape index (κ1) is 21.8. The standard InChI is InChI=1S/C26H22F2N4O2/c1-2-23(33)31-13-4-6-20(31)26-30-25(21-15-29-12-14-32(21)26)18-10-8-17(9-11-18)16-34-22-7-3-5-19(27)24(22)28/h2-3,5,7-12,14-15,20H,1,4,6,13,16H2. The highest BCUT2D eigenvalue weighted by atomic mass is 19.2. The van der Waals surface area contributed by atoms with Crippen molar-refractivity contribution >= 4 is 11.4 Å². The molecule has 1 saturated heterocycles. The van der Waals surface area contributed by atoms with Crippen molar-refractivity contribution in [3.05, 3.63) is 96.7 Å². The number of ether oxygens (including phenoxy) is 1. The summed E-state index contributed by atoms with van der Waals surface area (Å²) in [6.45, 7) is 4.39.